The highest BCUT2D eigenvalue weighted by Crippen LogP contribution is 2.25. The number of benzene rings is 2. The second-order valence-corrected chi connectivity index (χ2v) is 4.94. The van der Waals surface area contributed by atoms with Crippen molar-refractivity contribution in [3.63, 3.8) is 0 Å². The fourth-order valence-electron chi connectivity index (χ4n) is 2.08. The van der Waals surface area contributed by atoms with Gasteiger partial charge in [-0.05, 0) is 24.6 Å². The van der Waals surface area contributed by atoms with Gasteiger partial charge in [-0.3, -0.25) is 0 Å². The molecule has 0 aliphatic rings. The fourth-order valence-corrected chi connectivity index (χ4v) is 2.27. The first-order valence-electron chi connectivity index (χ1n) is 6.42. The Kier molecular flexibility index (Phi) is 4.99. The third-order valence-electron chi connectivity index (χ3n) is 3.24. The lowest BCUT2D eigenvalue weighted by Gasteiger charge is -2.17. The molecule has 20 heavy (non-hydrogen) atoms. The van der Waals surface area contributed by atoms with Crippen LogP contribution < -0.4 is 10.1 Å². The van der Waals surface area contributed by atoms with Crippen LogP contribution in [0, 0.1) is 5.82 Å². The number of halogens is 2. The van der Waals surface area contributed by atoms with Crippen LogP contribution in [0.4, 0.5) is 4.39 Å². The molecule has 2 nitrogen and oxygen atoms in total. The number of methoxy groups -OCH3 is 1. The predicted octanol–water partition coefficient (Wildman–Crippen LogP) is 4.34. The second-order valence-electron chi connectivity index (χ2n) is 4.56. The Balaban J connectivity index is 2.09. The molecule has 0 fully saturated rings. The van der Waals surface area contributed by atoms with Gasteiger partial charge in [-0.25, -0.2) is 4.39 Å². The Labute approximate surface area is 123 Å². The zero-order chi connectivity index (χ0) is 14.5. The maximum absolute atomic E-state index is 13.4. The minimum Gasteiger partial charge on any atom is -0.496 e. The molecule has 0 saturated heterocycles. The number of para-hydroxylation sites is 1. The summed E-state index contributed by atoms with van der Waals surface area (Å²) < 4.78 is 18.7. The van der Waals surface area contributed by atoms with Gasteiger partial charge >= 0.3 is 0 Å². The van der Waals surface area contributed by atoms with Crippen LogP contribution in [-0.4, -0.2) is 7.11 Å². The van der Waals surface area contributed by atoms with E-state index in [1.54, 1.807) is 13.2 Å². The number of rotatable bonds is 5. The Morgan fingerprint density at radius 3 is 2.70 bits per heavy atom. The lowest BCUT2D eigenvalue weighted by molar-refractivity contribution is 0.401. The quantitative estimate of drug-likeness (QED) is 0.885. The third kappa shape index (κ3) is 3.30. The van der Waals surface area contributed by atoms with Gasteiger partial charge in [0.2, 0.25) is 0 Å². The molecular weight excluding hydrogens is 277 g/mol. The van der Waals surface area contributed by atoms with Gasteiger partial charge in [0.25, 0.3) is 0 Å². The number of hydrogen-bond acceptors (Lipinski definition) is 2. The van der Waals surface area contributed by atoms with Crippen molar-refractivity contribution in [1.29, 1.82) is 0 Å². The molecule has 106 valence electrons. The van der Waals surface area contributed by atoms with E-state index < -0.39 is 5.82 Å². The van der Waals surface area contributed by atoms with Crippen LogP contribution in [0.1, 0.15) is 24.1 Å². The van der Waals surface area contributed by atoms with Crippen molar-refractivity contribution in [1.82, 2.24) is 5.32 Å². The molecule has 0 aliphatic carbocycles. The summed E-state index contributed by atoms with van der Waals surface area (Å²) in [5.41, 5.74) is 1.80. The molecule has 0 amide bonds. The summed E-state index contributed by atoms with van der Waals surface area (Å²) in [6.07, 6.45) is 0. The van der Waals surface area contributed by atoms with E-state index >= 15 is 0 Å². The summed E-state index contributed by atoms with van der Waals surface area (Å²) in [4.78, 5) is 0. The van der Waals surface area contributed by atoms with E-state index in [2.05, 4.69) is 5.32 Å². The van der Waals surface area contributed by atoms with Crippen molar-refractivity contribution in [2.45, 2.75) is 19.5 Å². The molecule has 4 heteroatoms. The molecule has 0 spiro atoms. The van der Waals surface area contributed by atoms with Gasteiger partial charge in [-0.2, -0.15) is 0 Å². The van der Waals surface area contributed by atoms with Crippen molar-refractivity contribution in [3.8, 4) is 5.75 Å². The van der Waals surface area contributed by atoms with Gasteiger partial charge in [-0.1, -0.05) is 41.9 Å². The van der Waals surface area contributed by atoms with Crippen LogP contribution in [0.25, 0.3) is 0 Å². The predicted molar refractivity (Wildman–Crippen MR) is 79.7 cm³/mol. The van der Waals surface area contributed by atoms with Crippen LogP contribution in [0.15, 0.2) is 42.5 Å². The minimum atomic E-state index is -0.393. The van der Waals surface area contributed by atoms with Gasteiger partial charge in [0.15, 0.2) is 0 Å². The second kappa shape index (κ2) is 6.73. The van der Waals surface area contributed by atoms with Crippen LogP contribution >= 0.6 is 11.6 Å². The van der Waals surface area contributed by atoms with E-state index in [4.69, 9.17) is 16.3 Å². The molecule has 0 aromatic heterocycles. The van der Waals surface area contributed by atoms with Crippen LogP contribution in [0.5, 0.6) is 5.75 Å². The average Bonchev–Trinajstić information content (AvgIpc) is 2.48. The lowest BCUT2D eigenvalue weighted by atomic mass is 10.1. The van der Waals surface area contributed by atoms with E-state index in [-0.39, 0.29) is 11.1 Å². The standard InChI is InChI=1S/C16H17ClFNO/c1-11(13-7-3-4-9-15(13)20-2)19-10-12-6-5-8-14(18)16(12)17/h3-9,11,19H,10H2,1-2H3/t11-/m1/s1. The van der Waals surface area contributed by atoms with E-state index in [1.807, 2.05) is 37.3 Å². The number of nitrogens with one attached hydrogen (secondary N) is 1. The van der Waals surface area contributed by atoms with Crippen molar-refractivity contribution in [3.05, 3.63) is 64.4 Å². The minimum absolute atomic E-state index is 0.0745. The molecular formula is C16H17ClFNO. The largest absolute Gasteiger partial charge is 0.496 e. The molecule has 1 N–H and O–H groups in total. The topological polar surface area (TPSA) is 21.3 Å². The summed E-state index contributed by atoms with van der Waals surface area (Å²) in [5.74, 6) is 0.439. The summed E-state index contributed by atoms with van der Waals surface area (Å²) in [6.45, 7) is 2.53. The highest BCUT2D eigenvalue weighted by Gasteiger charge is 2.11. The molecule has 0 radical (unpaired) electrons. The molecule has 2 aromatic rings. The van der Waals surface area contributed by atoms with Crippen molar-refractivity contribution in [2.75, 3.05) is 7.11 Å². The maximum atomic E-state index is 13.4. The van der Waals surface area contributed by atoms with Crippen molar-refractivity contribution >= 4 is 11.6 Å². The smallest absolute Gasteiger partial charge is 0.142 e. The highest BCUT2D eigenvalue weighted by molar-refractivity contribution is 6.31. The van der Waals surface area contributed by atoms with E-state index in [9.17, 15) is 4.39 Å². The summed E-state index contributed by atoms with van der Waals surface area (Å²) in [7, 11) is 1.65. The van der Waals surface area contributed by atoms with Crippen molar-refractivity contribution in [2.24, 2.45) is 0 Å². The van der Waals surface area contributed by atoms with Gasteiger partial charge in [0.1, 0.15) is 11.6 Å². The van der Waals surface area contributed by atoms with Crippen molar-refractivity contribution < 1.29 is 9.13 Å². The van der Waals surface area contributed by atoms with Gasteiger partial charge < -0.3 is 10.1 Å². The summed E-state index contributed by atoms with van der Waals surface area (Å²) >= 11 is 5.94. The summed E-state index contributed by atoms with van der Waals surface area (Å²) in [5, 5.41) is 3.50. The Bertz CT molecular complexity index is 588. The molecule has 2 aromatic carbocycles. The monoisotopic (exact) mass is 293 g/mol. The van der Waals surface area contributed by atoms with Crippen LogP contribution in [-0.2, 0) is 6.54 Å². The molecule has 1 atom stereocenters. The van der Waals surface area contributed by atoms with E-state index in [0.717, 1.165) is 16.9 Å². The number of hydrogen-bond donors (Lipinski definition) is 1. The van der Waals surface area contributed by atoms with Gasteiger partial charge in [0.05, 0.1) is 12.1 Å². The lowest BCUT2D eigenvalue weighted by Crippen LogP contribution is -2.19. The highest BCUT2D eigenvalue weighted by atomic mass is 35.5. The summed E-state index contributed by atoms with van der Waals surface area (Å²) in [6, 6.07) is 12.7. The SMILES string of the molecule is COc1ccccc1[C@@H](C)NCc1cccc(F)c1Cl. The first kappa shape index (κ1) is 14.8. The van der Waals surface area contributed by atoms with E-state index in [0.29, 0.717) is 6.54 Å². The first-order valence-corrected chi connectivity index (χ1v) is 6.80. The fraction of sp³-hybridized carbons (Fsp3) is 0.250. The third-order valence-corrected chi connectivity index (χ3v) is 3.66. The Morgan fingerprint density at radius 1 is 1.20 bits per heavy atom. The molecule has 0 bridgehead atoms. The van der Waals surface area contributed by atoms with Crippen LogP contribution in [0.3, 0.4) is 0 Å². The molecule has 2 rings (SSSR count). The molecule has 0 heterocycles. The van der Waals surface area contributed by atoms with E-state index in [1.165, 1.54) is 6.07 Å². The average molecular weight is 294 g/mol. The van der Waals surface area contributed by atoms with Gasteiger partial charge in [-0.15, -0.1) is 0 Å². The van der Waals surface area contributed by atoms with Crippen LogP contribution in [0.2, 0.25) is 5.02 Å². The molecule has 0 aliphatic heterocycles. The normalized spacial score (nSPS) is 12.2. The molecule has 0 unspecified atom stereocenters. The maximum Gasteiger partial charge on any atom is 0.142 e. The first-order chi connectivity index (χ1) is 9.63. The molecule has 0 saturated carbocycles. The van der Waals surface area contributed by atoms with Gasteiger partial charge in [0, 0.05) is 18.2 Å². The Morgan fingerprint density at radius 2 is 1.95 bits per heavy atom. The zero-order valence-corrected chi connectivity index (χ0v) is 12.2. The zero-order valence-electron chi connectivity index (χ0n) is 11.5. The Hall–Kier alpha value is -1.58. The number of ether oxygens (including phenoxy) is 1.